The third-order valence-electron chi connectivity index (χ3n) is 10.5. The monoisotopic (exact) mass is 520 g/mol. The molecule has 2 heterocycles. The van der Waals surface area contributed by atoms with Crippen LogP contribution in [-0.2, 0) is 10.8 Å². The second-order valence-corrected chi connectivity index (χ2v) is 12.8. The van der Waals surface area contributed by atoms with Gasteiger partial charge in [-0.3, -0.25) is 9.13 Å². The Hall–Kier alpha value is -4.18. The van der Waals surface area contributed by atoms with Crippen LogP contribution in [0.2, 0.25) is 0 Å². The van der Waals surface area contributed by atoms with Crippen LogP contribution in [0.4, 0.5) is 0 Å². The molecule has 0 atom stereocenters. The molecule has 4 aliphatic rings. The maximum atomic E-state index is 4.61. The largest absolute Gasteiger partial charge is 0.299 e. The molecule has 4 fully saturated rings. The first-order valence-electron chi connectivity index (χ1n) is 14.7. The highest BCUT2D eigenvalue weighted by atomic mass is 15.1. The van der Waals surface area contributed by atoms with Crippen LogP contribution >= 0.6 is 0 Å². The van der Waals surface area contributed by atoms with E-state index in [1.807, 2.05) is 12.7 Å². The summed E-state index contributed by atoms with van der Waals surface area (Å²) < 4.78 is 4.43. The van der Waals surface area contributed by atoms with Gasteiger partial charge in [0.25, 0.3) is 0 Å². The molecule has 10 rings (SSSR count). The van der Waals surface area contributed by atoms with Gasteiger partial charge in [-0.15, -0.1) is 0 Å². The zero-order valence-electron chi connectivity index (χ0n) is 22.6. The van der Waals surface area contributed by atoms with Gasteiger partial charge in [-0.1, -0.05) is 48.5 Å². The van der Waals surface area contributed by atoms with E-state index < -0.39 is 0 Å². The standard InChI is InChI=1S/C36H32N4/c1-3-7-33-31(5-1)37-23-39(33)29-13-9-27(10-14-29)35-18-25-17-26(19-35)21-36(20-25,22-35)28-11-15-30(16-12-28)40-24-38-32-6-2-4-8-34(32)40/h1-16,23-26H,17-22H2. The van der Waals surface area contributed by atoms with Crippen molar-refractivity contribution in [3.8, 4) is 11.4 Å². The molecule has 40 heavy (non-hydrogen) atoms. The summed E-state index contributed by atoms with van der Waals surface area (Å²) in [7, 11) is 0. The molecule has 4 heteroatoms. The number of benzene rings is 4. The Balaban J connectivity index is 1.06. The van der Waals surface area contributed by atoms with Crippen molar-refractivity contribution in [2.75, 3.05) is 0 Å². The van der Waals surface area contributed by atoms with E-state index in [9.17, 15) is 0 Å². The van der Waals surface area contributed by atoms with E-state index in [0.717, 1.165) is 33.9 Å². The van der Waals surface area contributed by atoms with Crippen molar-refractivity contribution >= 4 is 22.1 Å². The smallest absolute Gasteiger partial charge is 0.100 e. The number of aromatic nitrogens is 4. The van der Waals surface area contributed by atoms with Crippen molar-refractivity contribution in [3.63, 3.8) is 0 Å². The lowest BCUT2D eigenvalue weighted by Crippen LogP contribution is -2.55. The van der Waals surface area contributed by atoms with E-state index in [1.54, 1.807) is 11.1 Å². The first-order chi connectivity index (χ1) is 19.7. The Labute approximate surface area is 234 Å². The molecule has 0 unspecified atom stereocenters. The van der Waals surface area contributed by atoms with E-state index in [1.165, 1.54) is 49.9 Å². The maximum absolute atomic E-state index is 4.61. The minimum absolute atomic E-state index is 0.291. The average Bonchev–Trinajstić information content (AvgIpc) is 3.62. The average molecular weight is 521 g/mol. The summed E-state index contributed by atoms with van der Waals surface area (Å²) in [6.45, 7) is 0. The van der Waals surface area contributed by atoms with Gasteiger partial charge in [0, 0.05) is 11.4 Å². The van der Waals surface area contributed by atoms with Gasteiger partial charge in [-0.25, -0.2) is 9.97 Å². The lowest BCUT2D eigenvalue weighted by molar-refractivity contribution is -0.0281. The molecule has 0 spiro atoms. The number of fused-ring (bicyclic) bond motifs is 2. The summed E-state index contributed by atoms with van der Waals surface area (Å²) in [5.41, 5.74) is 10.5. The van der Waals surface area contributed by atoms with Gasteiger partial charge in [0.1, 0.15) is 12.7 Å². The van der Waals surface area contributed by atoms with Gasteiger partial charge < -0.3 is 0 Å². The van der Waals surface area contributed by atoms with Gasteiger partial charge in [-0.05, 0) is 121 Å². The second-order valence-electron chi connectivity index (χ2n) is 12.8. The molecule has 6 aromatic rings. The van der Waals surface area contributed by atoms with Gasteiger partial charge in [-0.2, -0.15) is 0 Å². The third-order valence-corrected chi connectivity index (χ3v) is 10.5. The van der Waals surface area contributed by atoms with Crippen LogP contribution in [-0.4, -0.2) is 19.1 Å². The Morgan fingerprint density at radius 1 is 0.525 bits per heavy atom. The lowest BCUT2D eigenvalue weighted by atomic mass is 9.42. The molecule has 4 aromatic carbocycles. The van der Waals surface area contributed by atoms with Crippen LogP contribution < -0.4 is 0 Å². The second kappa shape index (κ2) is 8.17. The Kier molecular flexibility index (Phi) is 4.62. The van der Waals surface area contributed by atoms with Gasteiger partial charge in [0.2, 0.25) is 0 Å². The fourth-order valence-electron chi connectivity index (χ4n) is 9.22. The summed E-state index contributed by atoms with van der Waals surface area (Å²) in [6.07, 6.45) is 12.0. The van der Waals surface area contributed by atoms with Crippen LogP contribution in [0.15, 0.2) is 110 Å². The van der Waals surface area contributed by atoms with Crippen LogP contribution in [0.5, 0.6) is 0 Å². The van der Waals surface area contributed by atoms with Crippen LogP contribution in [0.25, 0.3) is 33.4 Å². The van der Waals surface area contributed by atoms with Crippen LogP contribution in [0.3, 0.4) is 0 Å². The molecule has 4 bridgehead atoms. The van der Waals surface area contributed by atoms with E-state index >= 15 is 0 Å². The van der Waals surface area contributed by atoms with Crippen molar-refractivity contribution in [1.29, 1.82) is 0 Å². The predicted octanol–water partition coefficient (Wildman–Crippen LogP) is 8.15. The van der Waals surface area contributed by atoms with Crippen molar-refractivity contribution in [2.24, 2.45) is 11.8 Å². The van der Waals surface area contributed by atoms with E-state index in [2.05, 4.69) is 116 Å². The summed E-state index contributed by atoms with van der Waals surface area (Å²) >= 11 is 0. The van der Waals surface area contributed by atoms with E-state index in [0.29, 0.717) is 10.8 Å². The molecule has 4 nitrogen and oxygen atoms in total. The molecule has 0 saturated heterocycles. The topological polar surface area (TPSA) is 35.6 Å². The Morgan fingerprint density at radius 2 is 0.950 bits per heavy atom. The molecular weight excluding hydrogens is 488 g/mol. The van der Waals surface area contributed by atoms with Crippen molar-refractivity contribution in [1.82, 2.24) is 19.1 Å². The summed E-state index contributed by atoms with van der Waals surface area (Å²) in [5, 5.41) is 0. The Bertz CT molecular complexity index is 1720. The molecule has 0 amide bonds. The molecule has 196 valence electrons. The van der Waals surface area contributed by atoms with Crippen molar-refractivity contribution in [3.05, 3.63) is 121 Å². The van der Waals surface area contributed by atoms with Crippen molar-refractivity contribution < 1.29 is 0 Å². The Morgan fingerprint density at radius 3 is 1.40 bits per heavy atom. The highest BCUT2D eigenvalue weighted by molar-refractivity contribution is 5.78. The fourth-order valence-corrected chi connectivity index (χ4v) is 9.22. The molecular formula is C36H32N4. The number of rotatable bonds is 4. The van der Waals surface area contributed by atoms with Crippen LogP contribution in [0.1, 0.15) is 49.7 Å². The zero-order valence-corrected chi connectivity index (χ0v) is 22.6. The van der Waals surface area contributed by atoms with Gasteiger partial charge >= 0.3 is 0 Å². The first kappa shape index (κ1) is 22.6. The molecule has 2 aromatic heterocycles. The highest BCUT2D eigenvalue weighted by Crippen LogP contribution is 2.66. The fraction of sp³-hybridized carbons (Fsp3) is 0.278. The SMILES string of the molecule is c1ccc2c(c1)ncn2-c1ccc(C23CC4CC(C2)CC(c2ccc(-n5cnc6ccccc65)cc2)(C4)C3)cc1. The number of nitrogens with zero attached hydrogens (tertiary/aromatic N) is 4. The van der Waals surface area contributed by atoms with E-state index in [4.69, 9.17) is 0 Å². The molecule has 0 radical (unpaired) electrons. The summed E-state index contributed by atoms with van der Waals surface area (Å²) in [6, 6.07) is 35.7. The maximum Gasteiger partial charge on any atom is 0.100 e. The number of hydrogen-bond donors (Lipinski definition) is 0. The highest BCUT2D eigenvalue weighted by Gasteiger charge is 2.58. The molecule has 0 aliphatic heterocycles. The minimum atomic E-state index is 0.291. The summed E-state index contributed by atoms with van der Waals surface area (Å²) in [4.78, 5) is 9.22. The summed E-state index contributed by atoms with van der Waals surface area (Å²) in [5.74, 6) is 1.66. The number of hydrogen-bond acceptors (Lipinski definition) is 2. The van der Waals surface area contributed by atoms with Gasteiger partial charge in [0.05, 0.1) is 22.1 Å². The predicted molar refractivity (Wildman–Crippen MR) is 160 cm³/mol. The third kappa shape index (κ3) is 3.25. The van der Waals surface area contributed by atoms with Crippen molar-refractivity contribution in [2.45, 2.75) is 49.4 Å². The molecule has 4 saturated carbocycles. The first-order valence-corrected chi connectivity index (χ1v) is 14.7. The molecule has 4 aliphatic carbocycles. The number of para-hydroxylation sites is 4. The minimum Gasteiger partial charge on any atom is -0.299 e. The lowest BCUT2D eigenvalue weighted by Gasteiger charge is -2.63. The normalized spacial score (nSPS) is 27.1. The van der Waals surface area contributed by atoms with Crippen LogP contribution in [0, 0.1) is 11.8 Å². The quantitative estimate of drug-likeness (QED) is 0.235. The zero-order chi connectivity index (χ0) is 26.3. The van der Waals surface area contributed by atoms with E-state index in [-0.39, 0.29) is 0 Å². The number of imidazole rings is 2. The molecule has 0 N–H and O–H groups in total. The van der Waals surface area contributed by atoms with Gasteiger partial charge in [0.15, 0.2) is 0 Å².